The Balaban J connectivity index is 1.92. The second-order valence-corrected chi connectivity index (χ2v) is 7.10. The van der Waals surface area contributed by atoms with Gasteiger partial charge >= 0.3 is 5.97 Å². The predicted molar refractivity (Wildman–Crippen MR) is 120 cm³/mol. The molecule has 0 unspecified atom stereocenters. The first kappa shape index (κ1) is 22.9. The lowest BCUT2D eigenvalue weighted by molar-refractivity contribution is 0.0697. The van der Waals surface area contributed by atoms with Gasteiger partial charge < -0.3 is 14.6 Å². The van der Waals surface area contributed by atoms with E-state index in [0.717, 1.165) is 0 Å². The molecule has 0 aliphatic rings. The Morgan fingerprint density at radius 3 is 2.44 bits per heavy atom. The van der Waals surface area contributed by atoms with E-state index in [1.165, 1.54) is 18.2 Å². The Labute approximate surface area is 189 Å². The number of hydrogen-bond donors (Lipinski definition) is 1. The largest absolute Gasteiger partial charge is 0.490 e. The van der Waals surface area contributed by atoms with E-state index in [9.17, 15) is 14.4 Å². The summed E-state index contributed by atoms with van der Waals surface area (Å²) in [7, 11) is 0. The summed E-state index contributed by atoms with van der Waals surface area (Å²) in [6.07, 6.45) is 1.62. The van der Waals surface area contributed by atoms with Crippen LogP contribution < -0.4 is 9.47 Å². The van der Waals surface area contributed by atoms with Gasteiger partial charge in [-0.1, -0.05) is 41.9 Å². The van der Waals surface area contributed by atoms with Gasteiger partial charge in [0, 0.05) is 5.56 Å². The molecule has 0 heterocycles. The summed E-state index contributed by atoms with van der Waals surface area (Å²) < 4.78 is 25.3. The molecule has 5 nitrogen and oxygen atoms in total. The van der Waals surface area contributed by atoms with Gasteiger partial charge in [0.2, 0.25) is 0 Å². The molecule has 3 rings (SSSR count). The smallest absolute Gasteiger partial charge is 0.335 e. The van der Waals surface area contributed by atoms with E-state index in [1.807, 2.05) is 6.92 Å². The third-order valence-corrected chi connectivity index (χ3v) is 4.82. The van der Waals surface area contributed by atoms with Crippen molar-refractivity contribution in [3.8, 4) is 17.6 Å². The number of hydrogen-bond acceptors (Lipinski definition) is 4. The first-order valence-corrected chi connectivity index (χ1v) is 10.1. The Hall–Kier alpha value is -3.82. The number of benzene rings is 3. The van der Waals surface area contributed by atoms with Crippen molar-refractivity contribution >= 4 is 29.2 Å². The number of carboxylic acid groups (broad SMARTS) is 1. The molecule has 32 heavy (non-hydrogen) atoms. The lowest BCUT2D eigenvalue weighted by Crippen LogP contribution is -2.02. The van der Waals surface area contributed by atoms with E-state index in [2.05, 4.69) is 6.07 Å². The Morgan fingerprint density at radius 1 is 1.12 bits per heavy atom. The van der Waals surface area contributed by atoms with Gasteiger partial charge in [-0.15, -0.1) is 0 Å². The second-order valence-electron chi connectivity index (χ2n) is 6.70. The summed E-state index contributed by atoms with van der Waals surface area (Å²) >= 11 is 6.43. The first-order valence-electron chi connectivity index (χ1n) is 9.71. The maximum atomic E-state index is 13.9. The molecule has 162 valence electrons. The molecule has 3 aromatic rings. The van der Waals surface area contributed by atoms with Crippen LogP contribution in [-0.4, -0.2) is 17.7 Å². The molecule has 0 aliphatic heterocycles. The molecule has 0 bridgehead atoms. The van der Waals surface area contributed by atoms with Crippen LogP contribution in [0.3, 0.4) is 0 Å². The molecular formula is C25H19ClFNO4. The molecule has 0 saturated carbocycles. The van der Waals surface area contributed by atoms with Crippen molar-refractivity contribution in [2.75, 3.05) is 6.61 Å². The number of carboxylic acids is 1. The van der Waals surface area contributed by atoms with Crippen molar-refractivity contribution in [2.45, 2.75) is 13.5 Å². The number of rotatable bonds is 8. The third kappa shape index (κ3) is 5.45. The summed E-state index contributed by atoms with van der Waals surface area (Å²) in [5, 5.41) is 18.9. The van der Waals surface area contributed by atoms with Crippen LogP contribution in [-0.2, 0) is 6.61 Å². The minimum atomic E-state index is -1.04. The maximum Gasteiger partial charge on any atom is 0.335 e. The summed E-state index contributed by atoms with van der Waals surface area (Å²) in [6.45, 7) is 2.13. The van der Waals surface area contributed by atoms with Gasteiger partial charge in [0.05, 0.1) is 28.8 Å². The topological polar surface area (TPSA) is 79.5 Å². The van der Waals surface area contributed by atoms with Crippen molar-refractivity contribution in [1.29, 1.82) is 5.26 Å². The van der Waals surface area contributed by atoms with Gasteiger partial charge in [-0.3, -0.25) is 0 Å². The number of aromatic carboxylic acids is 1. The van der Waals surface area contributed by atoms with E-state index in [0.29, 0.717) is 34.6 Å². The standard InChI is InChI=1S/C25H19ClFNO4/c1-2-31-23-13-16(11-20(14-28)17-7-9-18(10-8-17)25(29)30)12-21(26)24(23)32-15-19-5-3-4-6-22(19)27/h3-13H,2,15H2,1H3,(H,29,30)/b20-11-. The second kappa shape index (κ2) is 10.5. The Bertz CT molecular complexity index is 1200. The predicted octanol–water partition coefficient (Wildman–Crippen LogP) is 6.22. The van der Waals surface area contributed by atoms with Gasteiger partial charge in [-0.25, -0.2) is 9.18 Å². The molecule has 0 atom stereocenters. The minimum absolute atomic E-state index is 0.0268. The van der Waals surface area contributed by atoms with Crippen LogP contribution in [0.4, 0.5) is 4.39 Å². The molecule has 0 aliphatic carbocycles. The van der Waals surface area contributed by atoms with Gasteiger partial charge in [-0.05, 0) is 54.5 Å². The SMILES string of the molecule is CCOc1cc(/C=C(/C#N)c2ccc(C(=O)O)cc2)cc(Cl)c1OCc1ccccc1F. The summed E-state index contributed by atoms with van der Waals surface area (Å²) in [5.74, 6) is -0.786. The quantitative estimate of drug-likeness (QED) is 0.325. The lowest BCUT2D eigenvalue weighted by atomic mass is 10.0. The number of ether oxygens (including phenoxy) is 2. The van der Waals surface area contributed by atoms with Gasteiger partial charge in [-0.2, -0.15) is 5.26 Å². The van der Waals surface area contributed by atoms with Crippen molar-refractivity contribution in [2.24, 2.45) is 0 Å². The minimum Gasteiger partial charge on any atom is -0.490 e. The Morgan fingerprint density at radius 2 is 1.81 bits per heavy atom. The number of nitrogens with zero attached hydrogens (tertiary/aromatic N) is 1. The fourth-order valence-corrected chi connectivity index (χ4v) is 3.25. The number of carbonyl (C=O) groups is 1. The van der Waals surface area contributed by atoms with E-state index < -0.39 is 5.97 Å². The van der Waals surface area contributed by atoms with Crippen molar-refractivity contribution in [3.63, 3.8) is 0 Å². The van der Waals surface area contributed by atoms with Crippen LogP contribution in [0.2, 0.25) is 5.02 Å². The number of nitriles is 1. The van der Waals surface area contributed by atoms with Crippen LogP contribution >= 0.6 is 11.6 Å². The molecule has 7 heteroatoms. The monoisotopic (exact) mass is 451 g/mol. The highest BCUT2D eigenvalue weighted by Crippen LogP contribution is 2.38. The zero-order chi connectivity index (χ0) is 23.1. The van der Waals surface area contributed by atoms with Crippen LogP contribution in [0.5, 0.6) is 11.5 Å². The molecule has 0 radical (unpaired) electrons. The average Bonchev–Trinajstić information content (AvgIpc) is 2.78. The molecule has 3 aromatic carbocycles. The highest BCUT2D eigenvalue weighted by molar-refractivity contribution is 6.32. The van der Waals surface area contributed by atoms with Crippen LogP contribution in [0.15, 0.2) is 60.7 Å². The molecule has 0 saturated heterocycles. The van der Waals surface area contributed by atoms with Crippen LogP contribution in [0.1, 0.15) is 34.0 Å². The van der Waals surface area contributed by atoms with Crippen molar-refractivity contribution in [3.05, 3.63) is 93.8 Å². The molecular weight excluding hydrogens is 433 g/mol. The van der Waals surface area contributed by atoms with Gasteiger partial charge in [0.15, 0.2) is 11.5 Å². The number of allylic oxidation sites excluding steroid dienone is 1. The van der Waals surface area contributed by atoms with E-state index in [4.69, 9.17) is 26.2 Å². The normalized spacial score (nSPS) is 11.0. The maximum absolute atomic E-state index is 13.9. The third-order valence-electron chi connectivity index (χ3n) is 4.54. The fraction of sp³-hybridized carbons (Fsp3) is 0.120. The molecule has 0 amide bonds. The van der Waals surface area contributed by atoms with Gasteiger partial charge in [0.25, 0.3) is 0 Å². The highest BCUT2D eigenvalue weighted by atomic mass is 35.5. The zero-order valence-corrected chi connectivity index (χ0v) is 17.9. The average molecular weight is 452 g/mol. The summed E-state index contributed by atoms with van der Waals surface area (Å²) in [4.78, 5) is 11.0. The van der Waals surface area contributed by atoms with Crippen molar-refractivity contribution < 1.29 is 23.8 Å². The molecule has 0 aromatic heterocycles. The molecule has 1 N–H and O–H groups in total. The van der Waals surface area contributed by atoms with E-state index in [1.54, 1.807) is 48.5 Å². The molecule has 0 fully saturated rings. The Kier molecular flexibility index (Phi) is 7.48. The summed E-state index contributed by atoms with van der Waals surface area (Å²) in [6, 6.07) is 17.7. The lowest BCUT2D eigenvalue weighted by Gasteiger charge is -2.15. The summed E-state index contributed by atoms with van der Waals surface area (Å²) in [5.41, 5.74) is 1.98. The first-order chi connectivity index (χ1) is 15.4. The highest BCUT2D eigenvalue weighted by Gasteiger charge is 2.14. The van der Waals surface area contributed by atoms with Crippen LogP contribution in [0, 0.1) is 17.1 Å². The zero-order valence-electron chi connectivity index (χ0n) is 17.1. The van der Waals surface area contributed by atoms with Crippen molar-refractivity contribution in [1.82, 2.24) is 0 Å². The number of halogens is 2. The van der Waals surface area contributed by atoms with E-state index in [-0.39, 0.29) is 28.8 Å². The van der Waals surface area contributed by atoms with Gasteiger partial charge in [0.1, 0.15) is 12.4 Å². The van der Waals surface area contributed by atoms with Crippen LogP contribution in [0.25, 0.3) is 11.6 Å². The van der Waals surface area contributed by atoms with E-state index >= 15 is 0 Å². The molecule has 0 spiro atoms. The fourth-order valence-electron chi connectivity index (χ4n) is 2.98.